The minimum atomic E-state index is 0.683. The molecule has 0 saturated heterocycles. The average molecular weight is 329 g/mol. The number of hydrogen-bond donors (Lipinski definition) is 1. The van der Waals surface area contributed by atoms with Crippen LogP contribution >= 0.6 is 22.6 Å². The Morgan fingerprint density at radius 3 is 2.81 bits per heavy atom. The van der Waals surface area contributed by atoms with Crippen LogP contribution in [0.1, 0.15) is 38.2 Å². The number of halogens is 1. The second-order valence-corrected chi connectivity index (χ2v) is 6.32. The van der Waals surface area contributed by atoms with Crippen LogP contribution in [-0.2, 0) is 0 Å². The van der Waals surface area contributed by atoms with E-state index in [1.165, 1.54) is 40.5 Å². The predicted molar refractivity (Wildman–Crippen MR) is 78.9 cm³/mol. The zero-order valence-corrected chi connectivity index (χ0v) is 12.3. The highest BCUT2D eigenvalue weighted by Crippen LogP contribution is 2.27. The third-order valence-corrected chi connectivity index (χ3v) is 4.16. The molecule has 0 spiro atoms. The lowest BCUT2D eigenvalue weighted by atomic mass is 9.87. The van der Waals surface area contributed by atoms with E-state index in [0.717, 1.165) is 5.92 Å². The fraction of sp³-hybridized carbons (Fsp3) is 0.571. The van der Waals surface area contributed by atoms with Crippen LogP contribution in [0.4, 0.5) is 5.69 Å². The third kappa shape index (κ3) is 3.12. The van der Waals surface area contributed by atoms with Crippen molar-refractivity contribution in [1.29, 1.82) is 0 Å². The van der Waals surface area contributed by atoms with Crippen LogP contribution in [-0.4, -0.2) is 6.04 Å². The Balaban J connectivity index is 2.02. The van der Waals surface area contributed by atoms with Crippen LogP contribution < -0.4 is 5.32 Å². The van der Waals surface area contributed by atoms with Gasteiger partial charge in [-0.1, -0.05) is 19.8 Å². The summed E-state index contributed by atoms with van der Waals surface area (Å²) in [5, 5.41) is 3.70. The maximum absolute atomic E-state index is 3.70. The molecule has 1 aliphatic rings. The molecule has 0 bridgehead atoms. The largest absolute Gasteiger partial charge is 0.382 e. The summed E-state index contributed by atoms with van der Waals surface area (Å²) >= 11 is 2.37. The second-order valence-electron chi connectivity index (χ2n) is 5.07. The van der Waals surface area contributed by atoms with Gasteiger partial charge in [-0.15, -0.1) is 0 Å². The van der Waals surface area contributed by atoms with Gasteiger partial charge in [0.05, 0.1) is 0 Å². The lowest BCUT2D eigenvalue weighted by molar-refractivity contribution is 0.358. The van der Waals surface area contributed by atoms with Gasteiger partial charge in [0.2, 0.25) is 0 Å². The van der Waals surface area contributed by atoms with Gasteiger partial charge in [0, 0.05) is 15.3 Å². The molecular weight excluding hydrogens is 309 g/mol. The minimum Gasteiger partial charge on any atom is -0.382 e. The number of hydrogen-bond acceptors (Lipinski definition) is 1. The summed E-state index contributed by atoms with van der Waals surface area (Å²) in [6, 6.07) is 7.33. The molecule has 2 unspecified atom stereocenters. The number of rotatable bonds is 2. The fourth-order valence-electron chi connectivity index (χ4n) is 2.57. The molecule has 1 nitrogen and oxygen atoms in total. The minimum absolute atomic E-state index is 0.683. The summed E-state index contributed by atoms with van der Waals surface area (Å²) in [5.41, 5.74) is 2.68. The number of anilines is 1. The van der Waals surface area contributed by atoms with Gasteiger partial charge in [-0.05, 0) is 72.0 Å². The zero-order valence-electron chi connectivity index (χ0n) is 10.1. The normalized spacial score (nSPS) is 25.4. The van der Waals surface area contributed by atoms with Crippen molar-refractivity contribution in [3.63, 3.8) is 0 Å². The number of nitrogens with one attached hydrogen (secondary N) is 1. The van der Waals surface area contributed by atoms with Crippen molar-refractivity contribution in [3.05, 3.63) is 27.3 Å². The third-order valence-electron chi connectivity index (χ3n) is 3.48. The maximum atomic E-state index is 3.70. The Hall–Kier alpha value is -0.250. The second kappa shape index (κ2) is 5.39. The topological polar surface area (TPSA) is 12.0 Å². The lowest BCUT2D eigenvalue weighted by Crippen LogP contribution is -2.26. The van der Waals surface area contributed by atoms with E-state index >= 15 is 0 Å². The van der Waals surface area contributed by atoms with E-state index in [1.807, 2.05) is 0 Å². The average Bonchev–Trinajstić information content (AvgIpc) is 2.22. The van der Waals surface area contributed by atoms with Crippen LogP contribution in [0.15, 0.2) is 18.2 Å². The smallest absolute Gasteiger partial charge is 0.0372 e. The fourth-order valence-corrected chi connectivity index (χ4v) is 3.22. The first kappa shape index (κ1) is 12.2. The van der Waals surface area contributed by atoms with E-state index < -0.39 is 0 Å². The van der Waals surface area contributed by atoms with E-state index in [-0.39, 0.29) is 0 Å². The molecule has 88 valence electrons. The summed E-state index contributed by atoms with van der Waals surface area (Å²) in [5.74, 6) is 0.885. The van der Waals surface area contributed by atoms with Crippen molar-refractivity contribution in [3.8, 4) is 0 Å². The van der Waals surface area contributed by atoms with Gasteiger partial charge < -0.3 is 5.32 Å². The summed E-state index contributed by atoms with van der Waals surface area (Å²) in [7, 11) is 0. The summed E-state index contributed by atoms with van der Waals surface area (Å²) in [6.07, 6.45) is 5.44. The van der Waals surface area contributed by atoms with Crippen molar-refractivity contribution >= 4 is 28.3 Å². The quantitative estimate of drug-likeness (QED) is 0.783. The first-order chi connectivity index (χ1) is 7.65. The Labute approximate surface area is 112 Å². The SMILES string of the molecule is Cc1cc(I)ccc1NC1CCCC(C)C1. The van der Waals surface area contributed by atoms with Crippen molar-refractivity contribution in [2.75, 3.05) is 5.32 Å². The maximum Gasteiger partial charge on any atom is 0.0372 e. The first-order valence-corrected chi connectivity index (χ1v) is 7.25. The molecule has 2 atom stereocenters. The van der Waals surface area contributed by atoms with Crippen LogP contribution in [0, 0.1) is 16.4 Å². The Morgan fingerprint density at radius 2 is 2.12 bits per heavy atom. The Bertz CT molecular complexity index is 362. The van der Waals surface area contributed by atoms with Crippen molar-refractivity contribution in [2.45, 2.75) is 45.6 Å². The molecule has 1 aliphatic carbocycles. The van der Waals surface area contributed by atoms with Crippen molar-refractivity contribution in [2.24, 2.45) is 5.92 Å². The molecule has 1 N–H and O–H groups in total. The molecular formula is C14H20IN. The molecule has 2 rings (SSSR count). The highest BCUT2D eigenvalue weighted by atomic mass is 127. The highest BCUT2D eigenvalue weighted by Gasteiger charge is 2.18. The standard InChI is InChI=1S/C14H20IN/c1-10-4-3-5-13(8-10)16-14-7-6-12(15)9-11(14)2/h6-7,9-10,13,16H,3-5,8H2,1-2H3. The molecule has 1 aromatic carbocycles. The van der Waals surface area contributed by atoms with Gasteiger partial charge in [-0.2, -0.15) is 0 Å². The van der Waals surface area contributed by atoms with E-state index in [2.05, 4.69) is 60.0 Å². The predicted octanol–water partition coefficient (Wildman–Crippen LogP) is 4.59. The van der Waals surface area contributed by atoms with Gasteiger partial charge in [-0.3, -0.25) is 0 Å². The summed E-state index contributed by atoms with van der Waals surface area (Å²) in [4.78, 5) is 0. The molecule has 0 radical (unpaired) electrons. The zero-order chi connectivity index (χ0) is 11.5. The van der Waals surface area contributed by atoms with Crippen molar-refractivity contribution < 1.29 is 0 Å². The van der Waals surface area contributed by atoms with Gasteiger partial charge in [0.1, 0.15) is 0 Å². The van der Waals surface area contributed by atoms with Crippen LogP contribution in [0.2, 0.25) is 0 Å². The lowest BCUT2D eigenvalue weighted by Gasteiger charge is -2.28. The number of benzene rings is 1. The molecule has 1 saturated carbocycles. The van der Waals surface area contributed by atoms with E-state index in [9.17, 15) is 0 Å². The monoisotopic (exact) mass is 329 g/mol. The highest BCUT2D eigenvalue weighted by molar-refractivity contribution is 14.1. The van der Waals surface area contributed by atoms with Crippen LogP contribution in [0.3, 0.4) is 0 Å². The number of aryl methyl sites for hydroxylation is 1. The van der Waals surface area contributed by atoms with Gasteiger partial charge in [0.15, 0.2) is 0 Å². The first-order valence-electron chi connectivity index (χ1n) is 6.18. The van der Waals surface area contributed by atoms with Gasteiger partial charge in [-0.25, -0.2) is 0 Å². The van der Waals surface area contributed by atoms with E-state index in [1.54, 1.807) is 0 Å². The van der Waals surface area contributed by atoms with Gasteiger partial charge >= 0.3 is 0 Å². The molecule has 2 heteroatoms. The molecule has 16 heavy (non-hydrogen) atoms. The van der Waals surface area contributed by atoms with Crippen molar-refractivity contribution in [1.82, 2.24) is 0 Å². The molecule has 0 heterocycles. The Morgan fingerprint density at radius 1 is 1.31 bits per heavy atom. The molecule has 0 aromatic heterocycles. The van der Waals surface area contributed by atoms with E-state index in [0.29, 0.717) is 6.04 Å². The molecule has 0 aliphatic heterocycles. The summed E-state index contributed by atoms with van der Waals surface area (Å²) in [6.45, 7) is 4.56. The molecule has 1 fully saturated rings. The van der Waals surface area contributed by atoms with E-state index in [4.69, 9.17) is 0 Å². The van der Waals surface area contributed by atoms with Crippen LogP contribution in [0.25, 0.3) is 0 Å². The molecule has 1 aromatic rings. The van der Waals surface area contributed by atoms with Crippen LogP contribution in [0.5, 0.6) is 0 Å². The molecule has 0 amide bonds. The van der Waals surface area contributed by atoms with Gasteiger partial charge in [0.25, 0.3) is 0 Å². The summed E-state index contributed by atoms with van der Waals surface area (Å²) < 4.78 is 1.32. The Kier molecular flexibility index (Phi) is 4.11.